The molecule has 25 heavy (non-hydrogen) atoms. The molecule has 4 bridgehead atoms. The monoisotopic (exact) mass is 344 g/mol. The fourth-order valence-electron chi connectivity index (χ4n) is 4.54. The lowest BCUT2D eigenvalue weighted by molar-refractivity contribution is -0.160. The van der Waals surface area contributed by atoms with E-state index < -0.39 is 23.1 Å². The van der Waals surface area contributed by atoms with E-state index in [9.17, 15) is 14.4 Å². The summed E-state index contributed by atoms with van der Waals surface area (Å²) in [5.74, 6) is -0.514. The Morgan fingerprint density at radius 2 is 1.88 bits per heavy atom. The van der Waals surface area contributed by atoms with E-state index in [0.717, 1.165) is 0 Å². The summed E-state index contributed by atoms with van der Waals surface area (Å²) >= 11 is 0. The summed E-state index contributed by atoms with van der Waals surface area (Å²) in [6.45, 7) is 1.96. The van der Waals surface area contributed by atoms with Crippen LogP contribution in [0.1, 0.15) is 36.5 Å². The number of hydrogen-bond donors (Lipinski definition) is 0. The number of ether oxygens (including phenoxy) is 3. The van der Waals surface area contributed by atoms with Gasteiger partial charge in [0.25, 0.3) is 0 Å². The number of rotatable bonds is 3. The molecule has 3 aliphatic rings. The molecule has 1 aliphatic heterocycles. The molecule has 0 unspecified atom stereocenters. The molecule has 2 saturated carbocycles. The Bertz CT molecular complexity index is 754. The van der Waals surface area contributed by atoms with Gasteiger partial charge < -0.3 is 14.2 Å². The van der Waals surface area contributed by atoms with Crippen molar-refractivity contribution < 1.29 is 28.6 Å². The smallest absolute Gasteiger partial charge is 0.339 e. The summed E-state index contributed by atoms with van der Waals surface area (Å²) < 4.78 is 16.8. The first-order valence-corrected chi connectivity index (χ1v) is 8.45. The minimum atomic E-state index is -1.35. The Hall–Kier alpha value is -2.21. The average molecular weight is 344 g/mol. The van der Waals surface area contributed by atoms with E-state index in [1.807, 2.05) is 6.92 Å². The van der Waals surface area contributed by atoms with Gasteiger partial charge in [0.05, 0.1) is 24.9 Å². The minimum absolute atomic E-state index is 0.0265. The molecule has 4 atom stereocenters. The third-order valence-electron chi connectivity index (χ3n) is 6.07. The standard InChI is InChI=1S/C19H20O6/c1-18-12-7-13(20)9-15(18)19(10-24-18,16(21)8-12)25-17(22)11-3-5-14(23-2)6-4-11/h3-6,12,15H,7-10H2,1-2H3/t12-,15-,18+,19+/m0/s1. The van der Waals surface area contributed by atoms with Crippen LogP contribution in [0.15, 0.2) is 24.3 Å². The molecule has 6 nitrogen and oxygen atoms in total. The van der Waals surface area contributed by atoms with Crippen LogP contribution in [-0.4, -0.2) is 42.5 Å². The van der Waals surface area contributed by atoms with Gasteiger partial charge in [0.2, 0.25) is 0 Å². The van der Waals surface area contributed by atoms with Crippen molar-refractivity contribution in [2.45, 2.75) is 37.4 Å². The Labute approximate surface area is 145 Å². The Morgan fingerprint density at radius 1 is 1.16 bits per heavy atom. The summed E-state index contributed by atoms with van der Waals surface area (Å²) in [7, 11) is 1.54. The number of carbonyl (C=O) groups excluding carboxylic acids is 3. The molecule has 0 amide bonds. The number of esters is 1. The summed E-state index contributed by atoms with van der Waals surface area (Å²) in [5, 5.41) is 0. The van der Waals surface area contributed by atoms with E-state index in [1.165, 1.54) is 0 Å². The maximum Gasteiger partial charge on any atom is 0.339 e. The van der Waals surface area contributed by atoms with E-state index in [1.54, 1.807) is 31.4 Å². The maximum atomic E-state index is 12.8. The number of methoxy groups -OCH3 is 1. The molecule has 6 heteroatoms. The van der Waals surface area contributed by atoms with E-state index in [-0.39, 0.29) is 36.9 Å². The lowest BCUT2D eigenvalue weighted by Crippen LogP contribution is -2.62. The van der Waals surface area contributed by atoms with Crippen molar-refractivity contribution in [2.24, 2.45) is 11.8 Å². The molecule has 1 saturated heterocycles. The van der Waals surface area contributed by atoms with Crippen molar-refractivity contribution in [3.05, 3.63) is 29.8 Å². The minimum Gasteiger partial charge on any atom is -0.497 e. The molecule has 0 N–H and O–H groups in total. The summed E-state index contributed by atoms with van der Waals surface area (Å²) in [5.41, 5.74) is -1.60. The van der Waals surface area contributed by atoms with E-state index in [2.05, 4.69) is 0 Å². The van der Waals surface area contributed by atoms with E-state index in [0.29, 0.717) is 17.7 Å². The highest BCUT2D eigenvalue weighted by molar-refractivity contribution is 5.98. The first-order valence-electron chi connectivity index (χ1n) is 8.45. The van der Waals surface area contributed by atoms with Gasteiger partial charge in [0.15, 0.2) is 11.4 Å². The zero-order valence-electron chi connectivity index (χ0n) is 14.2. The summed E-state index contributed by atoms with van der Waals surface area (Å²) in [4.78, 5) is 37.5. The van der Waals surface area contributed by atoms with Gasteiger partial charge in [-0.3, -0.25) is 9.59 Å². The molecule has 0 spiro atoms. The van der Waals surface area contributed by atoms with Crippen LogP contribution < -0.4 is 4.74 Å². The van der Waals surface area contributed by atoms with Crippen LogP contribution in [0.3, 0.4) is 0 Å². The Kier molecular flexibility index (Phi) is 3.51. The Morgan fingerprint density at radius 3 is 2.56 bits per heavy atom. The van der Waals surface area contributed by atoms with Crippen molar-refractivity contribution in [2.75, 3.05) is 13.7 Å². The third-order valence-corrected chi connectivity index (χ3v) is 6.07. The molecule has 0 aromatic heterocycles. The van der Waals surface area contributed by atoms with E-state index in [4.69, 9.17) is 14.2 Å². The lowest BCUT2D eigenvalue weighted by Gasteiger charge is -2.48. The van der Waals surface area contributed by atoms with Gasteiger partial charge in [0, 0.05) is 31.1 Å². The molecule has 1 heterocycles. The number of carbonyl (C=O) groups is 3. The number of benzene rings is 1. The molecule has 0 radical (unpaired) electrons. The first-order chi connectivity index (χ1) is 11.9. The summed E-state index contributed by atoms with van der Waals surface area (Å²) in [6.07, 6.45) is 0.796. The van der Waals surface area contributed by atoms with Gasteiger partial charge in [-0.25, -0.2) is 4.79 Å². The lowest BCUT2D eigenvalue weighted by atomic mass is 9.57. The van der Waals surface area contributed by atoms with Crippen molar-refractivity contribution >= 4 is 17.5 Å². The molecular formula is C19H20O6. The van der Waals surface area contributed by atoms with Gasteiger partial charge >= 0.3 is 5.97 Å². The largest absolute Gasteiger partial charge is 0.497 e. The maximum absolute atomic E-state index is 12.8. The molecule has 1 aromatic carbocycles. The fourth-order valence-corrected chi connectivity index (χ4v) is 4.54. The van der Waals surface area contributed by atoms with Crippen LogP contribution in [0.25, 0.3) is 0 Å². The molecule has 132 valence electrons. The molecule has 3 fully saturated rings. The number of hydrogen-bond acceptors (Lipinski definition) is 6. The zero-order chi connectivity index (χ0) is 17.8. The Balaban J connectivity index is 1.65. The van der Waals surface area contributed by atoms with Gasteiger partial charge in [-0.15, -0.1) is 0 Å². The van der Waals surface area contributed by atoms with Gasteiger partial charge in [-0.05, 0) is 31.2 Å². The summed E-state index contributed by atoms with van der Waals surface area (Å²) in [6, 6.07) is 6.50. The molecule has 1 aromatic rings. The molecular weight excluding hydrogens is 324 g/mol. The van der Waals surface area contributed by atoms with Crippen molar-refractivity contribution in [1.29, 1.82) is 0 Å². The predicted octanol–water partition coefficient (Wildman–Crippen LogP) is 1.95. The SMILES string of the molecule is COc1ccc(C(=O)O[C@]23CO[C@]4(C)[C@@H](CC(=O)C[C@@H]42)CC3=O)cc1. The quantitative estimate of drug-likeness (QED) is 0.780. The van der Waals surface area contributed by atoms with Crippen LogP contribution in [0.5, 0.6) is 5.75 Å². The van der Waals surface area contributed by atoms with Crippen LogP contribution in [0.4, 0.5) is 0 Å². The fraction of sp³-hybridized carbons (Fsp3) is 0.526. The zero-order valence-corrected chi connectivity index (χ0v) is 14.2. The highest BCUT2D eigenvalue weighted by Gasteiger charge is 2.70. The van der Waals surface area contributed by atoms with Crippen LogP contribution in [0, 0.1) is 11.8 Å². The normalized spacial score (nSPS) is 36.2. The second-order valence-corrected chi connectivity index (χ2v) is 7.30. The molecule has 4 rings (SSSR count). The number of Topliss-reactive ketones (excluding diaryl/α,β-unsaturated/α-hetero) is 2. The first kappa shape index (κ1) is 16.3. The van der Waals surface area contributed by atoms with Gasteiger partial charge in [0.1, 0.15) is 11.5 Å². The van der Waals surface area contributed by atoms with Crippen molar-refractivity contribution in [3.63, 3.8) is 0 Å². The van der Waals surface area contributed by atoms with Crippen molar-refractivity contribution in [3.8, 4) is 5.75 Å². The predicted molar refractivity (Wildman–Crippen MR) is 86.3 cm³/mol. The highest BCUT2D eigenvalue weighted by Crippen LogP contribution is 2.57. The second-order valence-electron chi connectivity index (χ2n) is 7.30. The average Bonchev–Trinajstić information content (AvgIpc) is 2.83. The van der Waals surface area contributed by atoms with E-state index >= 15 is 0 Å². The number of ketones is 2. The van der Waals surface area contributed by atoms with Gasteiger partial charge in [-0.2, -0.15) is 0 Å². The van der Waals surface area contributed by atoms with Crippen molar-refractivity contribution in [1.82, 2.24) is 0 Å². The van der Waals surface area contributed by atoms with Crippen LogP contribution in [0.2, 0.25) is 0 Å². The second kappa shape index (κ2) is 5.39. The third kappa shape index (κ3) is 2.24. The van der Waals surface area contributed by atoms with Crippen LogP contribution in [-0.2, 0) is 19.1 Å². The topological polar surface area (TPSA) is 78.9 Å². The van der Waals surface area contributed by atoms with Gasteiger partial charge in [-0.1, -0.05) is 0 Å². The highest BCUT2D eigenvalue weighted by atomic mass is 16.6. The molecule has 2 aliphatic carbocycles. The van der Waals surface area contributed by atoms with Crippen LogP contribution >= 0.6 is 0 Å².